The summed E-state index contributed by atoms with van der Waals surface area (Å²) in [4.78, 5) is 0. The third kappa shape index (κ3) is 2.53. The molecule has 0 aromatic carbocycles. The van der Waals surface area contributed by atoms with E-state index >= 15 is 0 Å². The average Bonchev–Trinajstić information content (AvgIpc) is 1.87. The molecule has 10 heavy (non-hydrogen) atoms. The molecule has 58 valence electrons. The van der Waals surface area contributed by atoms with Crippen molar-refractivity contribution in [3.63, 3.8) is 0 Å². The maximum absolute atomic E-state index is 8.88. The fourth-order valence-corrected chi connectivity index (χ4v) is 1.42. The summed E-state index contributed by atoms with van der Waals surface area (Å²) in [5.41, 5.74) is 0. The van der Waals surface area contributed by atoms with Gasteiger partial charge in [-0.1, -0.05) is 12.2 Å². The number of allylic oxidation sites excluding steroid dienone is 2. The molecule has 0 heterocycles. The normalized spacial score (nSPS) is 30.7. The van der Waals surface area contributed by atoms with Crippen LogP contribution in [0.3, 0.4) is 0 Å². The Morgan fingerprint density at radius 1 is 1.20 bits per heavy atom. The van der Waals surface area contributed by atoms with Gasteiger partial charge in [0.15, 0.2) is 0 Å². The molecule has 1 aliphatic rings. The van der Waals surface area contributed by atoms with E-state index in [0.29, 0.717) is 12.5 Å². The zero-order chi connectivity index (χ0) is 7.23. The summed E-state index contributed by atoms with van der Waals surface area (Å²) < 4.78 is 0. The van der Waals surface area contributed by atoms with Crippen LogP contribution in [0.15, 0.2) is 12.2 Å². The first-order valence-corrected chi connectivity index (χ1v) is 4.19. The number of aliphatic hydroxyl groups excluding tert-OH is 1. The zero-order valence-corrected chi connectivity index (χ0v) is 6.42. The Morgan fingerprint density at radius 3 is 2.80 bits per heavy atom. The van der Waals surface area contributed by atoms with E-state index in [4.69, 9.17) is 5.11 Å². The van der Waals surface area contributed by atoms with Crippen LogP contribution in [0, 0.1) is 5.92 Å². The van der Waals surface area contributed by atoms with Crippen LogP contribution in [0.25, 0.3) is 0 Å². The van der Waals surface area contributed by atoms with E-state index in [2.05, 4.69) is 12.2 Å². The van der Waals surface area contributed by atoms with Crippen molar-refractivity contribution >= 4 is 0 Å². The van der Waals surface area contributed by atoms with Crippen molar-refractivity contribution < 1.29 is 5.11 Å². The second kappa shape index (κ2) is 4.51. The first kappa shape index (κ1) is 7.80. The van der Waals surface area contributed by atoms with Gasteiger partial charge in [0.25, 0.3) is 0 Å². The van der Waals surface area contributed by atoms with Crippen molar-refractivity contribution in [1.29, 1.82) is 0 Å². The number of hydrogen-bond acceptors (Lipinski definition) is 1. The lowest BCUT2D eigenvalue weighted by Gasteiger charge is -2.13. The number of hydrogen-bond donors (Lipinski definition) is 1. The molecule has 0 saturated heterocycles. The first-order valence-electron chi connectivity index (χ1n) is 4.19. The highest BCUT2D eigenvalue weighted by atomic mass is 16.3. The molecular weight excluding hydrogens is 124 g/mol. The van der Waals surface area contributed by atoms with Gasteiger partial charge in [-0.05, 0) is 38.0 Å². The predicted octanol–water partition coefficient (Wildman–Crippen LogP) is 2.12. The zero-order valence-electron chi connectivity index (χ0n) is 6.42. The van der Waals surface area contributed by atoms with Crippen molar-refractivity contribution in [1.82, 2.24) is 0 Å². The van der Waals surface area contributed by atoms with Crippen LogP contribution in [0.1, 0.15) is 32.1 Å². The van der Waals surface area contributed by atoms with Gasteiger partial charge < -0.3 is 5.11 Å². The van der Waals surface area contributed by atoms with Crippen LogP contribution in [-0.4, -0.2) is 11.7 Å². The summed E-state index contributed by atoms with van der Waals surface area (Å²) in [7, 11) is 0. The molecule has 0 radical (unpaired) electrons. The van der Waals surface area contributed by atoms with Gasteiger partial charge in [0, 0.05) is 6.61 Å². The summed E-state index contributed by atoms with van der Waals surface area (Å²) in [5, 5.41) is 8.88. The maximum atomic E-state index is 8.88. The van der Waals surface area contributed by atoms with Gasteiger partial charge in [-0.2, -0.15) is 0 Å². The standard InChI is InChI=1S/C9H16O/c10-8-9-6-4-2-1-3-5-7-9/h1-2,9-10H,3-8H2/b2-1-. The third-order valence-corrected chi connectivity index (χ3v) is 2.15. The second-order valence-electron chi connectivity index (χ2n) is 3.03. The summed E-state index contributed by atoms with van der Waals surface area (Å²) >= 11 is 0. The van der Waals surface area contributed by atoms with Crippen LogP contribution < -0.4 is 0 Å². The van der Waals surface area contributed by atoms with E-state index < -0.39 is 0 Å². The van der Waals surface area contributed by atoms with Crippen LogP contribution >= 0.6 is 0 Å². The van der Waals surface area contributed by atoms with E-state index in [1.54, 1.807) is 0 Å². The maximum Gasteiger partial charge on any atom is 0.0459 e. The lowest BCUT2D eigenvalue weighted by atomic mass is 9.95. The molecule has 0 amide bonds. The molecule has 1 nitrogen and oxygen atoms in total. The molecule has 1 rings (SSSR count). The van der Waals surface area contributed by atoms with Crippen molar-refractivity contribution in [2.75, 3.05) is 6.61 Å². The number of aliphatic hydroxyl groups is 1. The molecule has 1 heteroatoms. The minimum atomic E-state index is 0.383. The molecule has 0 fully saturated rings. The minimum absolute atomic E-state index is 0.383. The van der Waals surface area contributed by atoms with Crippen molar-refractivity contribution in [3.8, 4) is 0 Å². The van der Waals surface area contributed by atoms with Crippen LogP contribution in [-0.2, 0) is 0 Å². The summed E-state index contributed by atoms with van der Waals surface area (Å²) in [6.45, 7) is 0.383. The summed E-state index contributed by atoms with van der Waals surface area (Å²) in [6.07, 6.45) is 10.5. The van der Waals surface area contributed by atoms with Gasteiger partial charge in [0.05, 0.1) is 0 Å². The highest BCUT2D eigenvalue weighted by molar-refractivity contribution is 4.84. The van der Waals surface area contributed by atoms with Crippen LogP contribution in [0.5, 0.6) is 0 Å². The van der Waals surface area contributed by atoms with Crippen LogP contribution in [0.2, 0.25) is 0 Å². The smallest absolute Gasteiger partial charge is 0.0459 e. The Morgan fingerprint density at radius 2 is 2.00 bits per heavy atom. The quantitative estimate of drug-likeness (QED) is 0.553. The Labute approximate surface area is 62.8 Å². The fourth-order valence-electron chi connectivity index (χ4n) is 1.42. The molecule has 0 aromatic rings. The van der Waals surface area contributed by atoms with Crippen LogP contribution in [0.4, 0.5) is 0 Å². The highest BCUT2D eigenvalue weighted by Crippen LogP contribution is 2.17. The van der Waals surface area contributed by atoms with Crippen molar-refractivity contribution in [3.05, 3.63) is 12.2 Å². The molecule has 0 aliphatic heterocycles. The minimum Gasteiger partial charge on any atom is -0.396 e. The summed E-state index contributed by atoms with van der Waals surface area (Å²) in [6, 6.07) is 0. The Balaban J connectivity index is 2.27. The topological polar surface area (TPSA) is 20.2 Å². The van der Waals surface area contributed by atoms with Gasteiger partial charge in [0.2, 0.25) is 0 Å². The van der Waals surface area contributed by atoms with E-state index in [1.807, 2.05) is 0 Å². The van der Waals surface area contributed by atoms with Gasteiger partial charge >= 0.3 is 0 Å². The van der Waals surface area contributed by atoms with Crippen molar-refractivity contribution in [2.24, 2.45) is 5.92 Å². The third-order valence-electron chi connectivity index (χ3n) is 2.15. The van der Waals surface area contributed by atoms with Crippen molar-refractivity contribution in [2.45, 2.75) is 32.1 Å². The largest absolute Gasteiger partial charge is 0.396 e. The fraction of sp³-hybridized carbons (Fsp3) is 0.778. The number of rotatable bonds is 1. The van der Waals surface area contributed by atoms with Gasteiger partial charge in [-0.3, -0.25) is 0 Å². The summed E-state index contributed by atoms with van der Waals surface area (Å²) in [5.74, 6) is 0.574. The van der Waals surface area contributed by atoms with E-state index in [9.17, 15) is 0 Å². The highest BCUT2D eigenvalue weighted by Gasteiger charge is 2.06. The molecular formula is C9H16O. The molecule has 0 spiro atoms. The SMILES string of the molecule is OCC1CC/C=C\CCC1. The Hall–Kier alpha value is -0.300. The molecule has 1 atom stereocenters. The van der Waals surface area contributed by atoms with E-state index in [-0.39, 0.29) is 0 Å². The Kier molecular flexibility index (Phi) is 3.52. The molecule has 0 saturated carbocycles. The molecule has 0 aromatic heterocycles. The molecule has 0 bridgehead atoms. The lowest BCUT2D eigenvalue weighted by Crippen LogP contribution is -2.06. The lowest BCUT2D eigenvalue weighted by molar-refractivity contribution is 0.208. The molecule has 1 N–H and O–H groups in total. The average molecular weight is 140 g/mol. The second-order valence-corrected chi connectivity index (χ2v) is 3.03. The van der Waals surface area contributed by atoms with Gasteiger partial charge in [-0.25, -0.2) is 0 Å². The molecule has 1 unspecified atom stereocenters. The molecule has 1 aliphatic carbocycles. The monoisotopic (exact) mass is 140 g/mol. The van der Waals surface area contributed by atoms with E-state index in [0.717, 1.165) is 6.42 Å². The first-order chi connectivity index (χ1) is 4.93. The van der Waals surface area contributed by atoms with E-state index in [1.165, 1.54) is 25.7 Å². The van der Waals surface area contributed by atoms with Gasteiger partial charge in [0.1, 0.15) is 0 Å². The Bertz CT molecular complexity index is 107. The predicted molar refractivity (Wildman–Crippen MR) is 42.8 cm³/mol. The van der Waals surface area contributed by atoms with Gasteiger partial charge in [-0.15, -0.1) is 0 Å².